The lowest BCUT2D eigenvalue weighted by molar-refractivity contribution is 0.135. The molecule has 25 heavy (non-hydrogen) atoms. The monoisotopic (exact) mass is 338 g/mol. The van der Waals surface area contributed by atoms with Gasteiger partial charge in [-0.25, -0.2) is 4.39 Å². The zero-order chi connectivity index (χ0) is 17.4. The van der Waals surface area contributed by atoms with Gasteiger partial charge >= 0.3 is 0 Å². The van der Waals surface area contributed by atoms with Crippen LogP contribution < -0.4 is 5.32 Å². The number of nitrogens with one attached hydrogen (secondary N) is 1. The normalized spacial score (nSPS) is 26.4. The van der Waals surface area contributed by atoms with Crippen LogP contribution in [0, 0.1) is 12.7 Å². The number of halogens is 1. The van der Waals surface area contributed by atoms with Crippen LogP contribution in [0.5, 0.6) is 0 Å². The van der Waals surface area contributed by atoms with Gasteiger partial charge in [0, 0.05) is 30.4 Å². The molecular weight excluding hydrogens is 311 g/mol. The van der Waals surface area contributed by atoms with Crippen molar-refractivity contribution in [3.05, 3.63) is 65.0 Å². The van der Waals surface area contributed by atoms with E-state index in [-0.39, 0.29) is 5.82 Å². The Labute approximate surface area is 150 Å². The average Bonchev–Trinajstić information content (AvgIpc) is 3.06. The van der Waals surface area contributed by atoms with Crippen molar-refractivity contribution in [3.8, 4) is 0 Å². The Morgan fingerprint density at radius 1 is 1.12 bits per heavy atom. The van der Waals surface area contributed by atoms with Gasteiger partial charge in [-0.15, -0.1) is 0 Å². The van der Waals surface area contributed by atoms with Gasteiger partial charge in [-0.3, -0.25) is 4.90 Å². The highest BCUT2D eigenvalue weighted by Gasteiger charge is 2.34. The van der Waals surface area contributed by atoms with Gasteiger partial charge in [0.05, 0.1) is 0 Å². The number of anilines is 1. The molecule has 1 aliphatic carbocycles. The van der Waals surface area contributed by atoms with Crippen molar-refractivity contribution in [2.45, 2.75) is 57.7 Å². The highest BCUT2D eigenvalue weighted by Crippen LogP contribution is 2.36. The van der Waals surface area contributed by atoms with Crippen LogP contribution in [0.15, 0.2) is 42.5 Å². The van der Waals surface area contributed by atoms with Gasteiger partial charge in [-0.05, 0) is 74.4 Å². The van der Waals surface area contributed by atoms with E-state index in [0.29, 0.717) is 18.1 Å². The third-order valence-corrected chi connectivity index (χ3v) is 6.06. The van der Waals surface area contributed by atoms with Crippen molar-refractivity contribution in [3.63, 3.8) is 0 Å². The second kappa shape index (κ2) is 6.80. The van der Waals surface area contributed by atoms with Gasteiger partial charge in [-0.1, -0.05) is 24.3 Å². The largest absolute Gasteiger partial charge is 0.382 e. The summed E-state index contributed by atoms with van der Waals surface area (Å²) in [6, 6.07) is 15.5. The number of benzene rings is 2. The number of hydrogen-bond acceptors (Lipinski definition) is 2. The van der Waals surface area contributed by atoms with Crippen LogP contribution in [-0.2, 0) is 6.42 Å². The van der Waals surface area contributed by atoms with Crippen LogP contribution in [-0.4, -0.2) is 23.5 Å². The number of aryl methyl sites for hydroxylation is 1. The molecule has 1 saturated carbocycles. The Kier molecular flexibility index (Phi) is 4.51. The molecule has 1 fully saturated rings. The summed E-state index contributed by atoms with van der Waals surface area (Å²) in [6.45, 7) is 5.48. The molecule has 0 aromatic heterocycles. The van der Waals surface area contributed by atoms with Crippen molar-refractivity contribution < 1.29 is 4.39 Å². The predicted molar refractivity (Wildman–Crippen MR) is 101 cm³/mol. The SMILES string of the molecule is Cc1cc(F)ccc1NC1CCC(N2CCc3ccccc3C2C)C1. The number of rotatable bonds is 3. The van der Waals surface area contributed by atoms with Gasteiger partial charge in [0.2, 0.25) is 0 Å². The third kappa shape index (κ3) is 3.30. The van der Waals surface area contributed by atoms with Crippen LogP contribution >= 0.6 is 0 Å². The Morgan fingerprint density at radius 2 is 1.96 bits per heavy atom. The Hall–Kier alpha value is -1.87. The summed E-state index contributed by atoms with van der Waals surface area (Å²) in [5.41, 5.74) is 5.08. The van der Waals surface area contributed by atoms with E-state index in [1.54, 1.807) is 12.1 Å². The first-order valence-corrected chi connectivity index (χ1v) is 9.48. The lowest BCUT2D eigenvalue weighted by Crippen LogP contribution is -2.41. The summed E-state index contributed by atoms with van der Waals surface area (Å²) in [5.74, 6) is -0.159. The standard InChI is InChI=1S/C22H27FN2/c1-15-13-18(23)7-10-22(15)24-19-8-9-20(14-19)25-12-11-17-5-3-4-6-21(17)16(25)2/h3-7,10,13,16,19-20,24H,8-9,11-12,14H2,1-2H3. The first-order chi connectivity index (χ1) is 12.1. The van der Waals surface area contributed by atoms with Gasteiger partial charge in [0.1, 0.15) is 5.82 Å². The Bertz CT molecular complexity index is 757. The van der Waals surface area contributed by atoms with Crippen molar-refractivity contribution >= 4 is 5.69 Å². The topological polar surface area (TPSA) is 15.3 Å². The van der Waals surface area contributed by atoms with Gasteiger partial charge in [0.25, 0.3) is 0 Å². The molecule has 3 unspecified atom stereocenters. The summed E-state index contributed by atoms with van der Waals surface area (Å²) in [4.78, 5) is 2.70. The molecule has 3 heteroatoms. The molecule has 0 radical (unpaired) electrons. The molecule has 3 atom stereocenters. The first-order valence-electron chi connectivity index (χ1n) is 9.48. The molecule has 132 valence electrons. The zero-order valence-corrected chi connectivity index (χ0v) is 15.1. The quantitative estimate of drug-likeness (QED) is 0.839. The van der Waals surface area contributed by atoms with E-state index in [9.17, 15) is 4.39 Å². The molecule has 2 nitrogen and oxygen atoms in total. The molecular formula is C22H27FN2. The fourth-order valence-corrected chi connectivity index (χ4v) is 4.69. The van der Waals surface area contributed by atoms with Gasteiger partial charge in [-0.2, -0.15) is 0 Å². The molecule has 4 rings (SSSR count). The minimum absolute atomic E-state index is 0.159. The molecule has 2 aromatic rings. The number of nitrogens with zero attached hydrogens (tertiary/aromatic N) is 1. The molecule has 1 N–H and O–H groups in total. The minimum Gasteiger partial charge on any atom is -0.382 e. The average molecular weight is 338 g/mol. The van der Waals surface area contributed by atoms with Crippen molar-refractivity contribution in [2.75, 3.05) is 11.9 Å². The maximum Gasteiger partial charge on any atom is 0.123 e. The fourth-order valence-electron chi connectivity index (χ4n) is 4.69. The van der Waals surface area contributed by atoms with Gasteiger partial charge in [0.15, 0.2) is 0 Å². The van der Waals surface area contributed by atoms with E-state index in [1.165, 1.54) is 30.4 Å². The van der Waals surface area contributed by atoms with E-state index in [2.05, 4.69) is 41.4 Å². The van der Waals surface area contributed by atoms with E-state index in [4.69, 9.17) is 0 Å². The van der Waals surface area contributed by atoms with Crippen LogP contribution in [0.4, 0.5) is 10.1 Å². The van der Waals surface area contributed by atoms with Crippen LogP contribution in [0.25, 0.3) is 0 Å². The predicted octanol–water partition coefficient (Wildman–Crippen LogP) is 5.09. The maximum absolute atomic E-state index is 13.3. The molecule has 1 heterocycles. The van der Waals surface area contributed by atoms with Crippen molar-refractivity contribution in [1.29, 1.82) is 0 Å². The van der Waals surface area contributed by atoms with Crippen LogP contribution in [0.1, 0.15) is 48.9 Å². The molecule has 2 aliphatic rings. The molecule has 0 saturated heterocycles. The van der Waals surface area contributed by atoms with E-state index < -0.39 is 0 Å². The van der Waals surface area contributed by atoms with Gasteiger partial charge < -0.3 is 5.32 Å². The summed E-state index contributed by atoms with van der Waals surface area (Å²) < 4.78 is 13.3. The number of hydrogen-bond donors (Lipinski definition) is 1. The lowest BCUT2D eigenvalue weighted by Gasteiger charge is -2.39. The van der Waals surface area contributed by atoms with Crippen LogP contribution in [0.2, 0.25) is 0 Å². The highest BCUT2D eigenvalue weighted by molar-refractivity contribution is 5.51. The van der Waals surface area contributed by atoms with Crippen LogP contribution in [0.3, 0.4) is 0 Å². The highest BCUT2D eigenvalue weighted by atomic mass is 19.1. The molecule has 1 aliphatic heterocycles. The zero-order valence-electron chi connectivity index (χ0n) is 15.1. The maximum atomic E-state index is 13.3. The second-order valence-electron chi connectivity index (χ2n) is 7.63. The second-order valence-corrected chi connectivity index (χ2v) is 7.63. The minimum atomic E-state index is -0.159. The first kappa shape index (κ1) is 16.6. The summed E-state index contributed by atoms with van der Waals surface area (Å²) in [5, 5.41) is 3.65. The lowest BCUT2D eigenvalue weighted by atomic mass is 9.92. The van der Waals surface area contributed by atoms with Crippen molar-refractivity contribution in [1.82, 2.24) is 4.90 Å². The van der Waals surface area contributed by atoms with E-state index >= 15 is 0 Å². The number of fused-ring (bicyclic) bond motifs is 1. The van der Waals surface area contributed by atoms with Crippen molar-refractivity contribution in [2.24, 2.45) is 0 Å². The Balaban J connectivity index is 1.43. The fraction of sp³-hybridized carbons (Fsp3) is 0.455. The third-order valence-electron chi connectivity index (χ3n) is 6.06. The van der Waals surface area contributed by atoms with E-state index in [1.807, 2.05) is 13.0 Å². The molecule has 0 amide bonds. The molecule has 2 aromatic carbocycles. The molecule has 0 bridgehead atoms. The summed E-state index contributed by atoms with van der Waals surface area (Å²) in [6.07, 6.45) is 4.76. The Morgan fingerprint density at radius 3 is 2.80 bits per heavy atom. The smallest absolute Gasteiger partial charge is 0.123 e. The summed E-state index contributed by atoms with van der Waals surface area (Å²) in [7, 11) is 0. The summed E-state index contributed by atoms with van der Waals surface area (Å²) >= 11 is 0. The van der Waals surface area contributed by atoms with E-state index in [0.717, 1.165) is 24.2 Å². The molecule has 0 spiro atoms.